The van der Waals surface area contributed by atoms with Crippen molar-refractivity contribution in [1.29, 1.82) is 0 Å². The van der Waals surface area contributed by atoms with Gasteiger partial charge in [0.15, 0.2) is 9.84 Å². The summed E-state index contributed by atoms with van der Waals surface area (Å²) in [4.78, 5) is 19.6. The topological polar surface area (TPSA) is 93.5 Å². The highest BCUT2D eigenvalue weighted by Gasteiger charge is 2.51. The lowest BCUT2D eigenvalue weighted by atomic mass is 9.71. The molecule has 1 amide bonds. The van der Waals surface area contributed by atoms with Gasteiger partial charge in [0, 0.05) is 56.3 Å². The van der Waals surface area contributed by atoms with Crippen LogP contribution in [0.5, 0.6) is 0 Å². The van der Waals surface area contributed by atoms with E-state index in [0.29, 0.717) is 19.8 Å². The number of rotatable bonds is 5. The van der Waals surface area contributed by atoms with Crippen molar-refractivity contribution in [3.05, 3.63) is 48.5 Å². The van der Waals surface area contributed by atoms with Gasteiger partial charge < -0.3 is 14.6 Å². The summed E-state index contributed by atoms with van der Waals surface area (Å²) in [6, 6.07) is 8.17. The SMILES string of the molecule is O=C(NC1CS(=O)(=O)C1)[C@H]1CN(Cc2ccc(-n3ccnc3)cc2)CC12CCOCC2. The maximum atomic E-state index is 13.1. The molecular weight excluding hydrogens is 416 g/mol. The molecule has 4 heterocycles. The normalized spacial score (nSPS) is 25.4. The first-order valence-electron chi connectivity index (χ1n) is 10.8. The van der Waals surface area contributed by atoms with E-state index in [1.807, 2.05) is 10.8 Å². The average Bonchev–Trinajstić information content (AvgIpc) is 3.37. The van der Waals surface area contributed by atoms with E-state index in [0.717, 1.165) is 31.6 Å². The van der Waals surface area contributed by atoms with Crippen LogP contribution < -0.4 is 5.32 Å². The molecule has 0 aliphatic carbocycles. The lowest BCUT2D eigenvalue weighted by Crippen LogP contribution is -2.56. The van der Waals surface area contributed by atoms with Crippen LogP contribution in [0, 0.1) is 11.3 Å². The van der Waals surface area contributed by atoms with Crippen LogP contribution in [0.1, 0.15) is 18.4 Å². The number of amides is 1. The van der Waals surface area contributed by atoms with Crippen LogP contribution in [0.2, 0.25) is 0 Å². The second-order valence-electron chi connectivity index (χ2n) is 9.12. The molecule has 0 radical (unpaired) electrons. The number of carbonyl (C=O) groups excluding carboxylic acids is 1. The van der Waals surface area contributed by atoms with E-state index in [2.05, 4.69) is 39.5 Å². The Labute approximate surface area is 182 Å². The Hall–Kier alpha value is -2.23. The van der Waals surface area contributed by atoms with Gasteiger partial charge in [-0.2, -0.15) is 0 Å². The number of hydrogen-bond donors (Lipinski definition) is 1. The van der Waals surface area contributed by atoms with Gasteiger partial charge in [-0.15, -0.1) is 0 Å². The second kappa shape index (κ2) is 8.03. The number of imidazole rings is 1. The second-order valence-corrected chi connectivity index (χ2v) is 11.3. The van der Waals surface area contributed by atoms with Gasteiger partial charge in [0.2, 0.25) is 5.91 Å². The third-order valence-corrected chi connectivity index (χ3v) is 8.75. The Bertz CT molecular complexity index is 1020. The summed E-state index contributed by atoms with van der Waals surface area (Å²) < 4.78 is 30.5. The zero-order valence-electron chi connectivity index (χ0n) is 17.4. The Morgan fingerprint density at radius 1 is 1.19 bits per heavy atom. The van der Waals surface area contributed by atoms with E-state index in [4.69, 9.17) is 4.74 Å². The van der Waals surface area contributed by atoms with Crippen LogP contribution >= 0.6 is 0 Å². The molecule has 31 heavy (non-hydrogen) atoms. The van der Waals surface area contributed by atoms with Gasteiger partial charge in [-0.1, -0.05) is 12.1 Å². The zero-order chi connectivity index (χ0) is 21.5. The van der Waals surface area contributed by atoms with Crippen molar-refractivity contribution in [1.82, 2.24) is 19.8 Å². The molecule has 1 atom stereocenters. The minimum absolute atomic E-state index is 0.000226. The molecule has 0 bridgehead atoms. The van der Waals surface area contributed by atoms with E-state index in [1.165, 1.54) is 5.56 Å². The first-order chi connectivity index (χ1) is 14.9. The van der Waals surface area contributed by atoms with Gasteiger partial charge in [0.05, 0.1) is 29.8 Å². The fourth-order valence-electron chi connectivity index (χ4n) is 5.23. The quantitative estimate of drug-likeness (QED) is 0.740. The highest BCUT2D eigenvalue weighted by atomic mass is 32.2. The molecule has 3 saturated heterocycles. The van der Waals surface area contributed by atoms with Crippen molar-refractivity contribution in [3.63, 3.8) is 0 Å². The summed E-state index contributed by atoms with van der Waals surface area (Å²) >= 11 is 0. The third-order valence-electron chi connectivity index (χ3n) is 6.93. The number of likely N-dealkylation sites (tertiary alicyclic amines) is 1. The number of carbonyl (C=O) groups is 1. The van der Waals surface area contributed by atoms with Gasteiger partial charge in [0.1, 0.15) is 0 Å². The molecule has 3 aliphatic heterocycles. The molecule has 3 aliphatic rings. The van der Waals surface area contributed by atoms with Gasteiger partial charge in [0.25, 0.3) is 0 Å². The Morgan fingerprint density at radius 3 is 2.58 bits per heavy atom. The molecule has 9 heteroatoms. The molecular formula is C22H28N4O4S. The highest BCUT2D eigenvalue weighted by Crippen LogP contribution is 2.45. The average molecular weight is 445 g/mol. The Kier molecular flexibility index (Phi) is 5.35. The number of nitrogens with one attached hydrogen (secondary N) is 1. The maximum Gasteiger partial charge on any atom is 0.225 e. The minimum Gasteiger partial charge on any atom is -0.381 e. The molecule has 1 aromatic carbocycles. The van der Waals surface area contributed by atoms with Gasteiger partial charge in [-0.3, -0.25) is 9.69 Å². The molecule has 0 unspecified atom stereocenters. The molecule has 8 nitrogen and oxygen atoms in total. The largest absolute Gasteiger partial charge is 0.381 e. The van der Waals surface area contributed by atoms with Crippen LogP contribution in [0.25, 0.3) is 5.69 Å². The van der Waals surface area contributed by atoms with Gasteiger partial charge >= 0.3 is 0 Å². The van der Waals surface area contributed by atoms with E-state index in [-0.39, 0.29) is 34.8 Å². The summed E-state index contributed by atoms with van der Waals surface area (Å²) in [7, 11) is -2.96. The van der Waals surface area contributed by atoms with E-state index in [9.17, 15) is 13.2 Å². The van der Waals surface area contributed by atoms with E-state index in [1.54, 1.807) is 12.5 Å². The fraction of sp³-hybridized carbons (Fsp3) is 0.545. The lowest BCUT2D eigenvalue weighted by molar-refractivity contribution is -0.130. The predicted molar refractivity (Wildman–Crippen MR) is 115 cm³/mol. The van der Waals surface area contributed by atoms with Crippen molar-refractivity contribution in [3.8, 4) is 5.69 Å². The van der Waals surface area contributed by atoms with E-state index >= 15 is 0 Å². The molecule has 166 valence electrons. The van der Waals surface area contributed by atoms with Crippen molar-refractivity contribution in [2.45, 2.75) is 25.4 Å². The van der Waals surface area contributed by atoms with Crippen LogP contribution in [0.3, 0.4) is 0 Å². The van der Waals surface area contributed by atoms with Crippen molar-refractivity contribution < 1.29 is 17.9 Å². The van der Waals surface area contributed by atoms with Gasteiger partial charge in [-0.05, 0) is 30.5 Å². The summed E-state index contributed by atoms with van der Waals surface area (Å²) in [5.74, 6) is -0.00648. The number of aromatic nitrogens is 2. The smallest absolute Gasteiger partial charge is 0.225 e. The van der Waals surface area contributed by atoms with Crippen molar-refractivity contribution in [2.24, 2.45) is 11.3 Å². The minimum atomic E-state index is -2.96. The monoisotopic (exact) mass is 444 g/mol. The number of benzene rings is 1. The maximum absolute atomic E-state index is 13.1. The molecule has 3 fully saturated rings. The van der Waals surface area contributed by atoms with Crippen LogP contribution in [-0.2, 0) is 25.9 Å². The first-order valence-corrected chi connectivity index (χ1v) is 12.6. The summed E-state index contributed by atoms with van der Waals surface area (Å²) in [6.45, 7) is 3.69. The first kappa shape index (κ1) is 20.7. The molecule has 0 saturated carbocycles. The Morgan fingerprint density at radius 2 is 1.94 bits per heavy atom. The fourth-order valence-corrected chi connectivity index (χ4v) is 6.53. The zero-order valence-corrected chi connectivity index (χ0v) is 18.3. The highest BCUT2D eigenvalue weighted by molar-refractivity contribution is 7.92. The number of nitrogens with zero attached hydrogens (tertiary/aromatic N) is 3. The van der Waals surface area contributed by atoms with Gasteiger partial charge in [-0.25, -0.2) is 13.4 Å². The van der Waals surface area contributed by atoms with Crippen LogP contribution in [0.15, 0.2) is 43.0 Å². The summed E-state index contributed by atoms with van der Waals surface area (Å²) in [5.41, 5.74) is 2.18. The predicted octanol–water partition coefficient (Wildman–Crippen LogP) is 1.01. The van der Waals surface area contributed by atoms with Crippen molar-refractivity contribution >= 4 is 15.7 Å². The molecule has 1 N–H and O–H groups in total. The summed E-state index contributed by atoms with van der Waals surface area (Å²) in [5, 5.41) is 3.00. The molecule has 1 spiro atoms. The van der Waals surface area contributed by atoms with E-state index < -0.39 is 9.84 Å². The Balaban J connectivity index is 1.27. The molecule has 1 aromatic heterocycles. The number of sulfone groups is 1. The molecule has 2 aromatic rings. The van der Waals surface area contributed by atoms with Crippen molar-refractivity contribution in [2.75, 3.05) is 37.8 Å². The summed E-state index contributed by atoms with van der Waals surface area (Å²) in [6.07, 6.45) is 7.19. The molecule has 5 rings (SSSR count). The number of hydrogen-bond acceptors (Lipinski definition) is 6. The lowest BCUT2D eigenvalue weighted by Gasteiger charge is -2.38. The standard InChI is InChI=1S/C22H28N4O4S/c27-21(24-18-13-31(28,29)14-18)20-12-25(15-22(20)5-9-30-10-6-22)11-17-1-3-19(4-2-17)26-8-7-23-16-26/h1-4,7-8,16,18,20H,5-6,9-15H2,(H,24,27)/t20-/m1/s1. The van der Waals surface area contributed by atoms with Crippen LogP contribution in [0.4, 0.5) is 0 Å². The number of ether oxygens (including phenoxy) is 1. The third kappa shape index (κ3) is 4.26. The van der Waals surface area contributed by atoms with Crippen LogP contribution in [-0.4, -0.2) is 72.6 Å².